The molecule has 0 aromatic heterocycles. The minimum Gasteiger partial charge on any atom is -0.380 e. The third-order valence-corrected chi connectivity index (χ3v) is 3.98. The largest absolute Gasteiger partial charge is 0.380 e. The van der Waals surface area contributed by atoms with Crippen LogP contribution in [0.4, 0.5) is 4.39 Å². The molecule has 0 aliphatic heterocycles. The minimum atomic E-state index is -4.16. The second-order valence-corrected chi connectivity index (χ2v) is 6.60. The van der Waals surface area contributed by atoms with Crippen molar-refractivity contribution in [3.8, 4) is 0 Å². The Hall–Kier alpha value is -0.890. The lowest BCUT2D eigenvalue weighted by atomic mass is 10.2. The number of benzene rings is 1. The quantitative estimate of drug-likeness (QED) is 0.634. The fraction of sp³-hybridized carbons (Fsp3) is 0.364. The number of carbonyl (C=O) groups is 1. The van der Waals surface area contributed by atoms with E-state index in [1.165, 1.54) is 0 Å². The summed E-state index contributed by atoms with van der Waals surface area (Å²) in [7, 11) is 0.958. The zero-order valence-corrected chi connectivity index (χ0v) is 12.8. The molecule has 0 atom stereocenters. The lowest BCUT2D eigenvalue weighted by Crippen LogP contribution is -2.27. The summed E-state index contributed by atoms with van der Waals surface area (Å²) in [4.78, 5) is 11.3. The summed E-state index contributed by atoms with van der Waals surface area (Å²) in [6, 6.07) is 1.57. The third-order valence-electron chi connectivity index (χ3n) is 2.26. The van der Waals surface area contributed by atoms with Crippen LogP contribution in [0.25, 0.3) is 0 Å². The van der Waals surface area contributed by atoms with Crippen molar-refractivity contribution in [2.75, 3.05) is 19.8 Å². The number of ether oxygens (including phenoxy) is 1. The Morgan fingerprint density at radius 3 is 2.65 bits per heavy atom. The van der Waals surface area contributed by atoms with Crippen LogP contribution in [0.15, 0.2) is 17.0 Å². The van der Waals surface area contributed by atoms with Crippen LogP contribution in [0.2, 0.25) is 5.02 Å². The summed E-state index contributed by atoms with van der Waals surface area (Å²) >= 11 is 5.65. The second kappa shape index (κ2) is 7.21. The summed E-state index contributed by atoms with van der Waals surface area (Å²) < 4.78 is 40.9. The minimum absolute atomic E-state index is 0.183. The highest BCUT2D eigenvalue weighted by Crippen LogP contribution is 2.26. The third kappa shape index (κ3) is 4.59. The fourth-order valence-corrected chi connectivity index (χ4v) is 2.31. The van der Waals surface area contributed by atoms with Crippen molar-refractivity contribution in [2.24, 2.45) is 0 Å². The molecule has 112 valence electrons. The zero-order chi connectivity index (χ0) is 15.3. The van der Waals surface area contributed by atoms with Crippen molar-refractivity contribution < 1.29 is 22.3 Å². The van der Waals surface area contributed by atoms with E-state index in [0.717, 1.165) is 6.07 Å². The lowest BCUT2D eigenvalue weighted by Gasteiger charge is -2.08. The van der Waals surface area contributed by atoms with Crippen LogP contribution in [-0.2, 0) is 13.8 Å². The maximum Gasteiger partial charge on any atom is 0.261 e. The van der Waals surface area contributed by atoms with Crippen molar-refractivity contribution >= 4 is 37.2 Å². The summed E-state index contributed by atoms with van der Waals surface area (Å²) in [5.41, 5.74) is -0.303. The van der Waals surface area contributed by atoms with Gasteiger partial charge in [-0.25, -0.2) is 12.8 Å². The van der Waals surface area contributed by atoms with E-state index in [-0.39, 0.29) is 18.7 Å². The van der Waals surface area contributed by atoms with E-state index in [9.17, 15) is 17.6 Å². The Kier molecular flexibility index (Phi) is 6.19. The highest BCUT2D eigenvalue weighted by atomic mass is 35.7. The molecule has 0 saturated heterocycles. The molecule has 1 rings (SSSR count). The molecular formula is C11H12Cl2FNO4S. The molecule has 0 heterocycles. The van der Waals surface area contributed by atoms with E-state index < -0.39 is 30.7 Å². The molecule has 9 heteroatoms. The number of carbonyl (C=O) groups excluding carboxylic acids is 1. The van der Waals surface area contributed by atoms with E-state index in [1.807, 2.05) is 0 Å². The van der Waals surface area contributed by atoms with Gasteiger partial charge in [0.25, 0.3) is 15.0 Å². The van der Waals surface area contributed by atoms with Crippen LogP contribution < -0.4 is 5.32 Å². The van der Waals surface area contributed by atoms with Crippen LogP contribution in [-0.4, -0.2) is 34.1 Å². The van der Waals surface area contributed by atoms with Crippen molar-refractivity contribution in [1.29, 1.82) is 0 Å². The smallest absolute Gasteiger partial charge is 0.261 e. The molecule has 5 nitrogen and oxygen atoms in total. The van der Waals surface area contributed by atoms with Crippen LogP contribution in [0.5, 0.6) is 0 Å². The normalized spacial score (nSPS) is 11.4. The van der Waals surface area contributed by atoms with Crippen molar-refractivity contribution in [2.45, 2.75) is 11.8 Å². The van der Waals surface area contributed by atoms with Gasteiger partial charge in [0.2, 0.25) is 0 Å². The highest BCUT2D eigenvalue weighted by molar-refractivity contribution is 8.13. The number of rotatable bonds is 6. The van der Waals surface area contributed by atoms with E-state index in [1.54, 1.807) is 6.92 Å². The average Bonchev–Trinajstić information content (AvgIpc) is 2.36. The molecule has 0 radical (unpaired) electrons. The van der Waals surface area contributed by atoms with Crippen LogP contribution >= 0.6 is 22.3 Å². The van der Waals surface area contributed by atoms with Gasteiger partial charge in [-0.3, -0.25) is 4.79 Å². The van der Waals surface area contributed by atoms with Gasteiger partial charge in [0.05, 0.1) is 22.1 Å². The topological polar surface area (TPSA) is 72.5 Å². The van der Waals surface area contributed by atoms with Gasteiger partial charge in [-0.2, -0.15) is 0 Å². The molecular weight excluding hydrogens is 332 g/mol. The Balaban J connectivity index is 2.99. The van der Waals surface area contributed by atoms with E-state index in [0.29, 0.717) is 12.7 Å². The maximum atomic E-state index is 13.5. The molecule has 0 aliphatic rings. The second-order valence-electron chi connectivity index (χ2n) is 3.66. The Morgan fingerprint density at radius 1 is 1.45 bits per heavy atom. The van der Waals surface area contributed by atoms with E-state index in [2.05, 4.69) is 5.32 Å². The van der Waals surface area contributed by atoms with Gasteiger partial charge in [-0.15, -0.1) is 0 Å². The monoisotopic (exact) mass is 343 g/mol. The van der Waals surface area contributed by atoms with Crippen LogP contribution in [0.3, 0.4) is 0 Å². The standard InChI is InChI=1S/C11H12Cl2FNO4S/c1-2-19-4-3-15-11(16)8-5-7(20(13,17)18)6-9(14)10(8)12/h5-6H,2-4H2,1H3,(H,15,16). The summed E-state index contributed by atoms with van der Waals surface area (Å²) in [5, 5.41) is 1.96. The molecule has 0 aliphatic carbocycles. The van der Waals surface area contributed by atoms with Gasteiger partial charge in [-0.05, 0) is 19.1 Å². The SMILES string of the molecule is CCOCCNC(=O)c1cc(S(=O)(=O)Cl)cc(F)c1Cl. The van der Waals surface area contributed by atoms with Crippen LogP contribution in [0, 0.1) is 5.82 Å². The summed E-state index contributed by atoms with van der Waals surface area (Å²) in [6.45, 7) is 2.74. The predicted molar refractivity (Wildman–Crippen MR) is 73.3 cm³/mol. The first-order valence-corrected chi connectivity index (χ1v) is 8.25. The Bertz CT molecular complexity index is 607. The van der Waals surface area contributed by atoms with Gasteiger partial charge in [0, 0.05) is 23.8 Å². The van der Waals surface area contributed by atoms with Crippen LogP contribution in [0.1, 0.15) is 17.3 Å². The summed E-state index contributed by atoms with van der Waals surface area (Å²) in [6.07, 6.45) is 0. The van der Waals surface area contributed by atoms with E-state index in [4.69, 9.17) is 27.0 Å². The Labute approximate surface area is 125 Å². The molecule has 0 bridgehead atoms. The van der Waals surface area contributed by atoms with E-state index >= 15 is 0 Å². The van der Waals surface area contributed by atoms with Crippen molar-refractivity contribution in [3.05, 3.63) is 28.5 Å². The molecule has 0 fully saturated rings. The first-order chi connectivity index (χ1) is 9.27. The van der Waals surface area contributed by atoms with Gasteiger partial charge >= 0.3 is 0 Å². The number of hydrogen-bond donors (Lipinski definition) is 1. The van der Waals surface area contributed by atoms with Gasteiger partial charge in [0.1, 0.15) is 5.82 Å². The van der Waals surface area contributed by atoms with Gasteiger partial charge < -0.3 is 10.1 Å². The van der Waals surface area contributed by atoms with Crippen molar-refractivity contribution in [1.82, 2.24) is 5.32 Å². The van der Waals surface area contributed by atoms with Gasteiger partial charge in [0.15, 0.2) is 0 Å². The zero-order valence-electron chi connectivity index (χ0n) is 10.5. The summed E-state index contributed by atoms with van der Waals surface area (Å²) in [5.74, 6) is -1.75. The molecule has 0 spiro atoms. The molecule has 0 unspecified atom stereocenters. The molecule has 1 N–H and O–H groups in total. The molecule has 1 amide bonds. The maximum absolute atomic E-state index is 13.5. The number of amides is 1. The fourth-order valence-electron chi connectivity index (χ4n) is 1.35. The number of hydrogen-bond acceptors (Lipinski definition) is 4. The number of halogens is 3. The average molecular weight is 344 g/mol. The first-order valence-electron chi connectivity index (χ1n) is 5.57. The molecule has 1 aromatic carbocycles. The van der Waals surface area contributed by atoms with Gasteiger partial charge in [-0.1, -0.05) is 11.6 Å². The molecule has 1 aromatic rings. The number of nitrogens with one attached hydrogen (secondary N) is 1. The highest BCUT2D eigenvalue weighted by Gasteiger charge is 2.20. The van der Waals surface area contributed by atoms with Crippen molar-refractivity contribution in [3.63, 3.8) is 0 Å². The predicted octanol–water partition coefficient (Wildman–Crippen LogP) is 2.17. The first kappa shape index (κ1) is 17.2. The molecule has 20 heavy (non-hydrogen) atoms. The lowest BCUT2D eigenvalue weighted by molar-refractivity contribution is 0.0922. The molecule has 0 saturated carbocycles. The Morgan fingerprint density at radius 2 is 2.10 bits per heavy atom.